The molecule has 0 aliphatic carbocycles. The molecule has 0 N–H and O–H groups in total. The summed E-state index contributed by atoms with van der Waals surface area (Å²) < 4.78 is 15.0. The Bertz CT molecular complexity index is 1470. The number of hydrogen-bond acceptors (Lipinski definition) is 6. The molecule has 1 aliphatic heterocycles. The molecule has 0 radical (unpaired) electrons. The van der Waals surface area contributed by atoms with Gasteiger partial charge in [-0.1, -0.05) is 37.8 Å². The summed E-state index contributed by atoms with van der Waals surface area (Å²) in [5.74, 6) is 1.25. The maximum absolute atomic E-state index is 13.0. The molecule has 10 heteroatoms. The highest BCUT2D eigenvalue weighted by atomic mass is 28.3. The van der Waals surface area contributed by atoms with Crippen molar-refractivity contribution >= 4 is 36.7 Å². The summed E-state index contributed by atoms with van der Waals surface area (Å²) >= 11 is 0. The Morgan fingerprint density at radius 3 is 2.73 bits per heavy atom. The molecule has 0 fully saturated rings. The zero-order valence-corrected chi connectivity index (χ0v) is 22.3. The lowest BCUT2D eigenvalue weighted by atomic mass is 10.1. The third kappa shape index (κ3) is 5.28. The molecule has 1 aromatic carbocycles. The molecule has 190 valence electrons. The molecule has 9 nitrogen and oxygen atoms in total. The summed E-state index contributed by atoms with van der Waals surface area (Å²) in [5, 5.41) is 0.926. The maximum atomic E-state index is 13.0. The van der Waals surface area contributed by atoms with Crippen LogP contribution in [0.5, 0.6) is 5.75 Å². The molecule has 37 heavy (non-hydrogen) atoms. The molecule has 0 spiro atoms. The monoisotopic (exact) mass is 514 g/mol. The zero-order valence-electron chi connectivity index (χ0n) is 21.3. The van der Waals surface area contributed by atoms with Crippen molar-refractivity contribution in [2.45, 2.75) is 45.4 Å². The minimum absolute atomic E-state index is 0.429. The van der Waals surface area contributed by atoms with Gasteiger partial charge in [-0.2, -0.15) is 0 Å². The van der Waals surface area contributed by atoms with Crippen LogP contribution in [-0.4, -0.2) is 46.4 Å². The van der Waals surface area contributed by atoms with Crippen molar-refractivity contribution in [3.63, 3.8) is 0 Å². The number of ether oxygens (including phenoxy) is 2. The van der Waals surface area contributed by atoms with E-state index in [-0.39, 0.29) is 0 Å². The van der Waals surface area contributed by atoms with Gasteiger partial charge >= 0.3 is 6.09 Å². The molecule has 0 amide bonds. The second-order valence-electron chi connectivity index (χ2n) is 10.3. The van der Waals surface area contributed by atoms with E-state index in [1.807, 2.05) is 35.0 Å². The van der Waals surface area contributed by atoms with Gasteiger partial charge in [-0.05, 0) is 36.2 Å². The van der Waals surface area contributed by atoms with Crippen molar-refractivity contribution in [3.8, 4) is 5.75 Å². The Balaban J connectivity index is 1.38. The second-order valence-corrected chi connectivity index (χ2v) is 16.0. The van der Waals surface area contributed by atoms with Crippen LogP contribution in [0.15, 0.2) is 55.1 Å². The van der Waals surface area contributed by atoms with E-state index in [2.05, 4.69) is 39.4 Å². The molecule has 0 bridgehead atoms. The summed E-state index contributed by atoms with van der Waals surface area (Å²) in [6.45, 7) is 16.9. The summed E-state index contributed by atoms with van der Waals surface area (Å²) in [5.41, 5.74) is 2.92. The molecule has 4 heterocycles. The van der Waals surface area contributed by atoms with Gasteiger partial charge in [-0.3, -0.25) is 4.57 Å². The number of rotatable bonds is 7. The van der Waals surface area contributed by atoms with Crippen molar-refractivity contribution in [2.75, 3.05) is 18.1 Å². The molecular weight excluding hydrogens is 484 g/mol. The SMILES string of the molecule is [C-]#[N+]c1cn(C(=O)Oc2ccccc2)c2c1CCN(c1ncnc3c1ccn3COCC[Si](C)(C)C)C2. The van der Waals surface area contributed by atoms with Crippen LogP contribution in [0.25, 0.3) is 15.9 Å². The lowest BCUT2D eigenvalue weighted by molar-refractivity contribution is 0.0899. The average Bonchev–Trinajstić information content (AvgIpc) is 3.47. The summed E-state index contributed by atoms with van der Waals surface area (Å²) in [7, 11) is -1.15. The Labute approximate surface area is 217 Å². The third-order valence-corrected chi connectivity index (χ3v) is 8.20. The van der Waals surface area contributed by atoms with E-state index in [1.165, 1.54) is 4.57 Å². The Kier molecular flexibility index (Phi) is 6.82. The summed E-state index contributed by atoms with van der Waals surface area (Å²) in [6.07, 6.45) is 5.22. The van der Waals surface area contributed by atoms with Gasteiger partial charge in [0.15, 0.2) is 0 Å². The van der Waals surface area contributed by atoms with Gasteiger partial charge in [0.1, 0.15) is 30.3 Å². The van der Waals surface area contributed by atoms with Gasteiger partial charge in [0.25, 0.3) is 0 Å². The largest absolute Gasteiger partial charge is 0.422 e. The van der Waals surface area contributed by atoms with E-state index >= 15 is 0 Å². The quantitative estimate of drug-likeness (QED) is 0.179. The highest BCUT2D eigenvalue weighted by Crippen LogP contribution is 2.34. The smallest absolute Gasteiger partial charge is 0.410 e. The number of anilines is 1. The number of fused-ring (bicyclic) bond motifs is 2. The van der Waals surface area contributed by atoms with Gasteiger partial charge < -0.3 is 18.9 Å². The Morgan fingerprint density at radius 1 is 1.16 bits per heavy atom. The zero-order chi connectivity index (χ0) is 26.0. The van der Waals surface area contributed by atoms with Crippen LogP contribution in [0.2, 0.25) is 25.7 Å². The fourth-order valence-corrected chi connectivity index (χ4v) is 5.25. The van der Waals surface area contributed by atoms with Crippen LogP contribution in [0, 0.1) is 6.57 Å². The van der Waals surface area contributed by atoms with Gasteiger partial charge in [0.2, 0.25) is 5.69 Å². The van der Waals surface area contributed by atoms with Crippen molar-refractivity contribution in [1.82, 2.24) is 19.1 Å². The van der Waals surface area contributed by atoms with E-state index in [1.54, 1.807) is 24.7 Å². The first kappa shape index (κ1) is 24.7. The van der Waals surface area contributed by atoms with Gasteiger partial charge in [-0.15, -0.1) is 0 Å². The number of para-hydroxylation sites is 1. The predicted octanol–water partition coefficient (Wildman–Crippen LogP) is 5.71. The standard InChI is InChI=1S/C27H30N6O3Si/c1-28-23-16-33(27(34)36-20-8-6-5-7-9-20)24-17-31(12-10-21(23)24)25-22-11-13-32(26(22)30-18-29-25)19-35-14-15-37(2,3)4/h5-9,11,13,16,18H,10,12,14-15,17,19H2,2-4H3. The van der Waals surface area contributed by atoms with Crippen molar-refractivity contribution in [2.24, 2.45) is 0 Å². The first-order valence-electron chi connectivity index (χ1n) is 12.3. The van der Waals surface area contributed by atoms with Crippen molar-refractivity contribution in [1.29, 1.82) is 0 Å². The maximum Gasteiger partial charge on any atom is 0.422 e. The van der Waals surface area contributed by atoms with Crippen LogP contribution < -0.4 is 9.64 Å². The minimum atomic E-state index is -1.15. The number of aromatic nitrogens is 4. The first-order chi connectivity index (χ1) is 17.8. The van der Waals surface area contributed by atoms with E-state index in [4.69, 9.17) is 16.0 Å². The number of carbonyl (C=O) groups is 1. The molecule has 4 aromatic rings. The van der Waals surface area contributed by atoms with Crippen LogP contribution in [0.1, 0.15) is 11.3 Å². The highest BCUT2D eigenvalue weighted by Gasteiger charge is 2.28. The molecule has 3 aromatic heterocycles. The number of carbonyl (C=O) groups excluding carboxylic acids is 1. The molecular formula is C27H30N6O3Si. The molecule has 0 saturated heterocycles. The first-order valence-corrected chi connectivity index (χ1v) is 16.0. The van der Waals surface area contributed by atoms with Crippen molar-refractivity contribution < 1.29 is 14.3 Å². The van der Waals surface area contributed by atoms with Crippen LogP contribution in [0.4, 0.5) is 16.3 Å². The Hall–Kier alpha value is -3.94. The predicted molar refractivity (Wildman–Crippen MR) is 145 cm³/mol. The fourth-order valence-electron chi connectivity index (χ4n) is 4.49. The van der Waals surface area contributed by atoms with Crippen LogP contribution in [-0.2, 0) is 24.4 Å². The topological polar surface area (TPSA) is 78.8 Å². The van der Waals surface area contributed by atoms with E-state index in [9.17, 15) is 4.79 Å². The number of nitrogens with zero attached hydrogens (tertiary/aromatic N) is 6. The van der Waals surface area contributed by atoms with Crippen LogP contribution in [0.3, 0.4) is 0 Å². The third-order valence-electron chi connectivity index (χ3n) is 6.50. The van der Waals surface area contributed by atoms with Crippen molar-refractivity contribution in [3.05, 3.63) is 77.8 Å². The van der Waals surface area contributed by atoms with E-state index in [0.29, 0.717) is 37.7 Å². The molecule has 0 saturated carbocycles. The lowest BCUT2D eigenvalue weighted by Crippen LogP contribution is -2.33. The molecule has 0 atom stereocenters. The second kappa shape index (κ2) is 10.2. The number of hydrogen-bond donors (Lipinski definition) is 0. The van der Waals surface area contributed by atoms with E-state index in [0.717, 1.165) is 40.8 Å². The summed E-state index contributed by atoms with van der Waals surface area (Å²) in [4.78, 5) is 27.9. The molecule has 1 aliphatic rings. The molecule has 0 unspecified atom stereocenters. The highest BCUT2D eigenvalue weighted by molar-refractivity contribution is 6.76. The van der Waals surface area contributed by atoms with E-state index < -0.39 is 14.2 Å². The number of benzene rings is 1. The Morgan fingerprint density at radius 2 is 1.97 bits per heavy atom. The fraction of sp³-hybridized carbons (Fsp3) is 0.333. The summed E-state index contributed by atoms with van der Waals surface area (Å²) in [6, 6.07) is 12.1. The van der Waals surface area contributed by atoms with Gasteiger partial charge in [-0.25, -0.2) is 19.6 Å². The lowest BCUT2D eigenvalue weighted by Gasteiger charge is -2.29. The normalized spacial score (nSPS) is 13.4. The minimum Gasteiger partial charge on any atom is -0.410 e. The van der Waals surface area contributed by atoms with Gasteiger partial charge in [0, 0.05) is 39.3 Å². The molecule has 5 rings (SSSR count). The van der Waals surface area contributed by atoms with Crippen LogP contribution >= 0.6 is 0 Å². The van der Waals surface area contributed by atoms with Gasteiger partial charge in [0.05, 0.1) is 18.5 Å². The average molecular weight is 515 g/mol.